The molecule has 1 aromatic carbocycles. The zero-order chi connectivity index (χ0) is 22.8. The second-order valence-electron chi connectivity index (χ2n) is 7.25. The molecule has 1 rings (SSSR count). The van der Waals surface area contributed by atoms with Crippen LogP contribution in [-0.2, 0) is 14.6 Å². The van der Waals surface area contributed by atoms with Gasteiger partial charge in [0.1, 0.15) is 0 Å². The largest absolute Gasteiger partial charge is 0.504 e. The monoisotopic (exact) mass is 449 g/mol. The summed E-state index contributed by atoms with van der Waals surface area (Å²) in [5, 5.41) is 30.4. The first kappa shape index (κ1) is 28.6. The number of aliphatic hydroxyl groups is 1. The third-order valence-electron chi connectivity index (χ3n) is 4.51. The van der Waals surface area contributed by atoms with Gasteiger partial charge in [-0.3, -0.25) is 4.55 Å². The number of hydrogen-bond acceptors (Lipinski definition) is 7. The van der Waals surface area contributed by atoms with Gasteiger partial charge in [-0.2, -0.15) is 8.42 Å². The first-order chi connectivity index (χ1) is 14.2. The lowest BCUT2D eigenvalue weighted by Gasteiger charge is -2.10. The molecule has 1 aromatic rings. The smallest absolute Gasteiger partial charge is 0.397 e. The van der Waals surface area contributed by atoms with Crippen molar-refractivity contribution in [2.75, 3.05) is 20.2 Å². The lowest BCUT2D eigenvalue weighted by Crippen LogP contribution is -2.16. The number of unbranched alkanes of at least 4 members (excludes halogenated alkanes) is 9. The van der Waals surface area contributed by atoms with Crippen molar-refractivity contribution >= 4 is 10.4 Å². The molecule has 0 fully saturated rings. The lowest BCUT2D eigenvalue weighted by atomic mass is 10.1. The van der Waals surface area contributed by atoms with Crippen LogP contribution in [0.1, 0.15) is 82.8 Å². The van der Waals surface area contributed by atoms with Crippen molar-refractivity contribution < 1.29 is 32.5 Å². The molecule has 0 aliphatic heterocycles. The van der Waals surface area contributed by atoms with Crippen molar-refractivity contribution in [1.29, 1.82) is 0 Å². The average Bonchev–Trinajstić information content (AvgIpc) is 2.68. The maximum absolute atomic E-state index is 10.2. The van der Waals surface area contributed by atoms with Gasteiger partial charge < -0.3 is 20.6 Å². The van der Waals surface area contributed by atoms with Crippen molar-refractivity contribution in [3.63, 3.8) is 0 Å². The predicted molar refractivity (Wildman–Crippen MR) is 118 cm³/mol. The number of nitrogens with one attached hydrogen (secondary N) is 1. The Hall–Kier alpha value is -1.39. The Morgan fingerprint density at radius 3 is 1.93 bits per heavy atom. The zero-order valence-corrected chi connectivity index (χ0v) is 19.0. The highest BCUT2D eigenvalue weighted by Gasteiger charge is 2.08. The summed E-state index contributed by atoms with van der Waals surface area (Å²) in [6, 6.07) is 4.26. The van der Waals surface area contributed by atoms with Gasteiger partial charge in [-0.05, 0) is 31.2 Å². The van der Waals surface area contributed by atoms with E-state index in [0.717, 1.165) is 12.8 Å². The minimum absolute atomic E-state index is 0.0926. The van der Waals surface area contributed by atoms with Gasteiger partial charge in [-0.25, -0.2) is 4.18 Å². The van der Waals surface area contributed by atoms with Gasteiger partial charge in [-0.15, -0.1) is 0 Å². The topological polar surface area (TPSA) is 136 Å². The van der Waals surface area contributed by atoms with Gasteiger partial charge in [0.05, 0.1) is 12.7 Å². The number of rotatable bonds is 15. The summed E-state index contributed by atoms with van der Waals surface area (Å²) in [5.41, 5.74) is 0.574. The van der Waals surface area contributed by atoms with E-state index in [1.54, 1.807) is 13.1 Å². The number of aromatic hydroxyl groups is 2. The Morgan fingerprint density at radius 2 is 1.47 bits per heavy atom. The number of benzene rings is 1. The van der Waals surface area contributed by atoms with Crippen molar-refractivity contribution in [3.8, 4) is 11.5 Å². The van der Waals surface area contributed by atoms with E-state index in [4.69, 9.17) is 14.8 Å². The van der Waals surface area contributed by atoms with Gasteiger partial charge in [0.2, 0.25) is 0 Å². The van der Waals surface area contributed by atoms with Crippen LogP contribution in [0.25, 0.3) is 0 Å². The normalized spacial score (nSPS) is 12.3. The molecule has 0 spiro atoms. The van der Waals surface area contributed by atoms with Crippen molar-refractivity contribution in [2.45, 2.75) is 77.2 Å². The summed E-state index contributed by atoms with van der Waals surface area (Å²) in [7, 11) is -2.51. The van der Waals surface area contributed by atoms with Crippen LogP contribution in [0, 0.1) is 0 Å². The van der Waals surface area contributed by atoms with E-state index in [2.05, 4.69) is 16.4 Å². The number of likely N-dealkylation sites (N-methyl/N-ethyl adjacent to an activating group) is 1. The molecule has 9 heteroatoms. The molecule has 8 nitrogen and oxygen atoms in total. The number of hydrogen-bond donors (Lipinski definition) is 5. The third kappa shape index (κ3) is 16.4. The van der Waals surface area contributed by atoms with E-state index in [1.807, 2.05) is 0 Å². The van der Waals surface area contributed by atoms with Gasteiger partial charge in [-0.1, -0.05) is 70.8 Å². The van der Waals surface area contributed by atoms with E-state index < -0.39 is 16.5 Å². The van der Waals surface area contributed by atoms with Crippen molar-refractivity contribution in [3.05, 3.63) is 23.8 Å². The van der Waals surface area contributed by atoms with Crippen LogP contribution >= 0.6 is 0 Å². The molecule has 0 saturated carbocycles. The van der Waals surface area contributed by atoms with Crippen molar-refractivity contribution in [2.24, 2.45) is 0 Å². The van der Waals surface area contributed by atoms with Crippen LogP contribution < -0.4 is 5.32 Å². The molecule has 0 saturated heterocycles. The molecule has 0 aromatic heterocycles. The number of phenolic OH excluding ortho intramolecular Hbond substituents is 2. The Morgan fingerprint density at radius 1 is 0.933 bits per heavy atom. The van der Waals surface area contributed by atoms with Crippen LogP contribution in [-0.4, -0.2) is 48.5 Å². The molecule has 0 radical (unpaired) electrons. The fraction of sp³-hybridized carbons (Fsp3) is 0.714. The van der Waals surface area contributed by atoms with Crippen LogP contribution in [0.4, 0.5) is 0 Å². The molecular weight excluding hydrogens is 410 g/mol. The van der Waals surface area contributed by atoms with E-state index in [9.17, 15) is 13.5 Å². The van der Waals surface area contributed by atoms with Crippen LogP contribution in [0.2, 0.25) is 0 Å². The SMILES string of the molecule is CCCCCCCCCCCCOS(=O)(=O)O.CNCC(O)c1ccc(O)c(O)c1. The molecule has 0 heterocycles. The molecule has 1 unspecified atom stereocenters. The van der Waals surface area contributed by atoms with E-state index in [1.165, 1.54) is 57.1 Å². The number of aliphatic hydroxyl groups excluding tert-OH is 1. The average molecular weight is 450 g/mol. The highest BCUT2D eigenvalue weighted by atomic mass is 32.3. The molecule has 0 bridgehead atoms. The van der Waals surface area contributed by atoms with E-state index in [-0.39, 0.29) is 18.1 Å². The summed E-state index contributed by atoms with van der Waals surface area (Å²) in [5.74, 6) is -0.395. The van der Waals surface area contributed by atoms with Crippen LogP contribution in [0.15, 0.2) is 18.2 Å². The fourth-order valence-electron chi connectivity index (χ4n) is 2.81. The second-order valence-corrected chi connectivity index (χ2v) is 8.34. The quantitative estimate of drug-likeness (QED) is 0.153. The molecule has 30 heavy (non-hydrogen) atoms. The van der Waals surface area contributed by atoms with Gasteiger partial charge in [0.25, 0.3) is 0 Å². The molecule has 1 atom stereocenters. The molecule has 0 aliphatic carbocycles. The minimum Gasteiger partial charge on any atom is -0.504 e. The molecule has 0 aliphatic rings. The van der Waals surface area contributed by atoms with Crippen LogP contribution in [0.5, 0.6) is 11.5 Å². The summed E-state index contributed by atoms with van der Waals surface area (Å²) in [6.07, 6.45) is 11.2. The fourth-order valence-corrected chi connectivity index (χ4v) is 3.14. The Balaban J connectivity index is 0.000000579. The van der Waals surface area contributed by atoms with Gasteiger partial charge in [0, 0.05) is 6.54 Å². The summed E-state index contributed by atoms with van der Waals surface area (Å²) in [4.78, 5) is 0. The highest BCUT2D eigenvalue weighted by Crippen LogP contribution is 2.27. The van der Waals surface area contributed by atoms with E-state index in [0.29, 0.717) is 18.5 Å². The van der Waals surface area contributed by atoms with Gasteiger partial charge in [0.15, 0.2) is 11.5 Å². The molecule has 5 N–H and O–H groups in total. The second kappa shape index (κ2) is 17.3. The maximum Gasteiger partial charge on any atom is 0.397 e. The lowest BCUT2D eigenvalue weighted by molar-refractivity contribution is 0.177. The molecule has 176 valence electrons. The predicted octanol–water partition coefficient (Wildman–Crippen LogP) is 4.08. The summed E-state index contributed by atoms with van der Waals surface area (Å²) >= 11 is 0. The zero-order valence-electron chi connectivity index (χ0n) is 18.2. The first-order valence-corrected chi connectivity index (χ1v) is 12.0. The van der Waals surface area contributed by atoms with Crippen LogP contribution in [0.3, 0.4) is 0 Å². The first-order valence-electron chi connectivity index (χ1n) is 10.7. The summed E-state index contributed by atoms with van der Waals surface area (Å²) < 4.78 is 33.0. The molecule has 0 amide bonds. The highest BCUT2D eigenvalue weighted by molar-refractivity contribution is 7.80. The van der Waals surface area contributed by atoms with Crippen molar-refractivity contribution in [1.82, 2.24) is 5.32 Å². The summed E-state index contributed by atoms with van der Waals surface area (Å²) in [6.45, 7) is 2.72. The third-order valence-corrected chi connectivity index (χ3v) is 4.98. The Bertz CT molecular complexity index is 653. The Kier molecular flexibility index (Phi) is 16.5. The number of phenols is 2. The molecular formula is C21H39NO7S. The standard InChI is InChI=1S/C12H26O4S.C9H13NO3/c1-2-3-4-5-6-7-8-9-10-11-12-16-17(13,14)15;1-10-5-9(13)6-2-3-7(11)8(12)4-6/h2-12H2,1H3,(H,13,14,15);2-4,9-13H,5H2,1H3. The van der Waals surface area contributed by atoms with Gasteiger partial charge >= 0.3 is 10.4 Å². The van der Waals surface area contributed by atoms with E-state index >= 15 is 0 Å². The minimum atomic E-state index is -4.23. The maximum atomic E-state index is 10.2. The Labute approximate surface area is 181 Å².